The largest absolute Gasteiger partial charge is 0.396 e. The molecule has 2 aromatic heterocycles. The number of aliphatic hydroxyl groups is 1. The first-order valence-electron chi connectivity index (χ1n) is 11.1. The Bertz CT molecular complexity index is 1100. The molecule has 5 rings (SSSR count). The van der Waals surface area contributed by atoms with Crippen LogP contribution in [0.3, 0.4) is 0 Å². The van der Waals surface area contributed by atoms with Crippen LogP contribution in [-0.2, 0) is 6.42 Å². The zero-order chi connectivity index (χ0) is 21.4. The number of nitrogens with one attached hydrogen (secondary N) is 1. The normalized spacial score (nSPS) is 19.4. The Labute approximate surface area is 186 Å². The van der Waals surface area contributed by atoms with Gasteiger partial charge in [0.2, 0.25) is 0 Å². The number of carbonyl (C=O) groups is 1. The summed E-state index contributed by atoms with van der Waals surface area (Å²) in [6.45, 7) is 3.62. The van der Waals surface area contributed by atoms with Gasteiger partial charge in [0.1, 0.15) is 17.0 Å². The van der Waals surface area contributed by atoms with Crippen molar-refractivity contribution in [1.29, 1.82) is 0 Å². The molecule has 1 fully saturated rings. The number of aromatic nitrogens is 2. The van der Waals surface area contributed by atoms with Crippen LogP contribution in [0.15, 0.2) is 30.6 Å². The lowest BCUT2D eigenvalue weighted by Crippen LogP contribution is -2.39. The Morgan fingerprint density at radius 3 is 2.84 bits per heavy atom. The molecule has 31 heavy (non-hydrogen) atoms. The number of aliphatic hydroxyl groups excluding tert-OH is 1. The summed E-state index contributed by atoms with van der Waals surface area (Å²) >= 11 is 1.46. The van der Waals surface area contributed by atoms with Crippen molar-refractivity contribution in [3.05, 3.63) is 52.2 Å². The first kappa shape index (κ1) is 20.4. The average molecular weight is 437 g/mol. The molecule has 2 N–H and O–H groups in total. The zero-order valence-electron chi connectivity index (χ0n) is 17.8. The van der Waals surface area contributed by atoms with Crippen LogP contribution in [0.25, 0.3) is 10.2 Å². The molecule has 6 nitrogen and oxygen atoms in total. The number of carbonyl (C=O) groups excluding carboxylic acids is 1. The number of amides is 1. The van der Waals surface area contributed by atoms with E-state index in [9.17, 15) is 9.90 Å². The van der Waals surface area contributed by atoms with E-state index in [2.05, 4.69) is 39.6 Å². The average Bonchev–Trinajstić information content (AvgIpc) is 3.16. The van der Waals surface area contributed by atoms with E-state index >= 15 is 0 Å². The number of rotatable bonds is 4. The standard InChI is InChI=1S/C24H28N4O2S/c1-15-20-22(27-19-8-4-6-17-5-2-3-7-18(17)19)25-14-26-23(20)31-21(15)24(30)28-11-9-16(13-29)10-12-28/h2-3,5,7,14,16,19,29H,4,6,8-13H2,1H3,(H,25,26,27)/t19-/m0/s1. The predicted molar refractivity (Wildman–Crippen MR) is 124 cm³/mol. The molecule has 0 bridgehead atoms. The van der Waals surface area contributed by atoms with Gasteiger partial charge in [0.25, 0.3) is 5.91 Å². The number of hydrogen-bond donors (Lipinski definition) is 2. The van der Waals surface area contributed by atoms with Gasteiger partial charge in [0, 0.05) is 19.7 Å². The first-order chi connectivity index (χ1) is 15.2. The third-order valence-electron chi connectivity index (χ3n) is 6.76. The van der Waals surface area contributed by atoms with Gasteiger partial charge in [-0.25, -0.2) is 9.97 Å². The Hall–Kier alpha value is -2.51. The molecular weight excluding hydrogens is 408 g/mol. The minimum absolute atomic E-state index is 0.0749. The number of thiophene rings is 1. The van der Waals surface area contributed by atoms with Gasteiger partial charge in [-0.1, -0.05) is 24.3 Å². The Kier molecular flexibility index (Phi) is 5.63. The lowest BCUT2D eigenvalue weighted by Gasteiger charge is -2.31. The van der Waals surface area contributed by atoms with E-state index in [0.717, 1.165) is 58.6 Å². The van der Waals surface area contributed by atoms with E-state index in [0.29, 0.717) is 19.0 Å². The minimum Gasteiger partial charge on any atom is -0.396 e. The minimum atomic E-state index is 0.0749. The smallest absolute Gasteiger partial charge is 0.264 e. The van der Waals surface area contributed by atoms with Gasteiger partial charge in [-0.15, -0.1) is 11.3 Å². The van der Waals surface area contributed by atoms with E-state index in [1.165, 1.54) is 22.5 Å². The maximum atomic E-state index is 13.3. The highest BCUT2D eigenvalue weighted by atomic mass is 32.1. The fourth-order valence-electron chi connectivity index (χ4n) is 4.92. The number of anilines is 1. The molecule has 3 heterocycles. The van der Waals surface area contributed by atoms with Gasteiger partial charge in [0.15, 0.2) is 0 Å². The number of likely N-dealkylation sites (tertiary alicyclic amines) is 1. The quantitative estimate of drug-likeness (QED) is 0.636. The van der Waals surface area contributed by atoms with E-state index in [1.54, 1.807) is 6.33 Å². The maximum absolute atomic E-state index is 13.3. The summed E-state index contributed by atoms with van der Waals surface area (Å²) in [6.07, 6.45) is 6.66. The van der Waals surface area contributed by atoms with Gasteiger partial charge in [-0.05, 0) is 61.6 Å². The van der Waals surface area contributed by atoms with Crippen LogP contribution in [0.4, 0.5) is 5.82 Å². The lowest BCUT2D eigenvalue weighted by molar-refractivity contribution is 0.0655. The molecule has 1 amide bonds. The second-order valence-corrected chi connectivity index (χ2v) is 9.66. The SMILES string of the molecule is Cc1c(C(=O)N2CCC(CO)CC2)sc2ncnc(N[C@H]3CCCc4ccccc43)c12. The second-order valence-electron chi connectivity index (χ2n) is 8.66. The van der Waals surface area contributed by atoms with E-state index in [1.807, 2.05) is 11.8 Å². The summed E-state index contributed by atoms with van der Waals surface area (Å²) < 4.78 is 0. The van der Waals surface area contributed by atoms with Crippen molar-refractivity contribution >= 4 is 33.3 Å². The molecule has 7 heteroatoms. The van der Waals surface area contributed by atoms with Crippen LogP contribution in [0.1, 0.15) is 58.1 Å². The lowest BCUT2D eigenvalue weighted by atomic mass is 9.87. The second kappa shape index (κ2) is 8.55. The molecule has 1 aliphatic heterocycles. The van der Waals surface area contributed by atoms with Gasteiger partial charge in [0.05, 0.1) is 16.3 Å². The van der Waals surface area contributed by atoms with Crippen molar-refractivity contribution in [2.24, 2.45) is 5.92 Å². The highest BCUT2D eigenvalue weighted by Gasteiger charge is 2.28. The summed E-state index contributed by atoms with van der Waals surface area (Å²) in [5.41, 5.74) is 3.71. The molecular formula is C24H28N4O2S. The number of piperidine rings is 1. The van der Waals surface area contributed by atoms with E-state index < -0.39 is 0 Å². The van der Waals surface area contributed by atoms with Crippen LogP contribution >= 0.6 is 11.3 Å². The first-order valence-corrected chi connectivity index (χ1v) is 12.0. The number of benzene rings is 1. The van der Waals surface area contributed by atoms with Crippen LogP contribution in [0.5, 0.6) is 0 Å². The third-order valence-corrected chi connectivity index (χ3v) is 7.95. The number of fused-ring (bicyclic) bond motifs is 2. The van der Waals surface area contributed by atoms with Crippen molar-refractivity contribution in [3.8, 4) is 0 Å². The summed E-state index contributed by atoms with van der Waals surface area (Å²) in [5, 5.41) is 14.0. The topological polar surface area (TPSA) is 78.4 Å². The molecule has 2 aliphatic rings. The molecule has 0 saturated carbocycles. The molecule has 1 aliphatic carbocycles. The van der Waals surface area contributed by atoms with Gasteiger partial charge >= 0.3 is 0 Å². The fourth-order valence-corrected chi connectivity index (χ4v) is 6.03. The van der Waals surface area contributed by atoms with Crippen molar-refractivity contribution in [2.45, 2.75) is 45.1 Å². The Morgan fingerprint density at radius 1 is 1.23 bits per heavy atom. The van der Waals surface area contributed by atoms with Crippen molar-refractivity contribution in [3.63, 3.8) is 0 Å². The summed E-state index contributed by atoms with van der Waals surface area (Å²) in [4.78, 5) is 25.8. The summed E-state index contributed by atoms with van der Waals surface area (Å²) in [7, 11) is 0. The Balaban J connectivity index is 1.44. The molecule has 0 spiro atoms. The number of hydrogen-bond acceptors (Lipinski definition) is 6. The molecule has 0 radical (unpaired) electrons. The zero-order valence-corrected chi connectivity index (χ0v) is 18.6. The van der Waals surface area contributed by atoms with Crippen molar-refractivity contribution in [1.82, 2.24) is 14.9 Å². The van der Waals surface area contributed by atoms with Crippen LogP contribution < -0.4 is 5.32 Å². The Morgan fingerprint density at radius 2 is 2.03 bits per heavy atom. The highest BCUT2D eigenvalue weighted by molar-refractivity contribution is 7.20. The third kappa shape index (κ3) is 3.81. The highest BCUT2D eigenvalue weighted by Crippen LogP contribution is 2.38. The number of aryl methyl sites for hydroxylation is 2. The van der Waals surface area contributed by atoms with Crippen molar-refractivity contribution in [2.75, 3.05) is 25.0 Å². The monoisotopic (exact) mass is 436 g/mol. The molecule has 162 valence electrons. The van der Waals surface area contributed by atoms with E-state index in [-0.39, 0.29) is 18.6 Å². The maximum Gasteiger partial charge on any atom is 0.264 e. The predicted octanol–water partition coefficient (Wildman–Crippen LogP) is 4.33. The number of nitrogens with zero attached hydrogens (tertiary/aromatic N) is 3. The summed E-state index contributed by atoms with van der Waals surface area (Å²) in [6, 6.07) is 8.84. The molecule has 1 atom stereocenters. The van der Waals surface area contributed by atoms with Gasteiger partial charge < -0.3 is 15.3 Å². The van der Waals surface area contributed by atoms with E-state index in [4.69, 9.17) is 0 Å². The van der Waals surface area contributed by atoms with Crippen LogP contribution in [0, 0.1) is 12.8 Å². The van der Waals surface area contributed by atoms with Gasteiger partial charge in [-0.3, -0.25) is 4.79 Å². The van der Waals surface area contributed by atoms with Gasteiger partial charge in [-0.2, -0.15) is 0 Å². The fraction of sp³-hybridized carbons (Fsp3) is 0.458. The molecule has 1 saturated heterocycles. The molecule has 1 aromatic carbocycles. The van der Waals surface area contributed by atoms with Crippen molar-refractivity contribution < 1.29 is 9.90 Å². The van der Waals surface area contributed by atoms with Crippen LogP contribution in [0.2, 0.25) is 0 Å². The molecule has 3 aromatic rings. The molecule has 0 unspecified atom stereocenters. The van der Waals surface area contributed by atoms with Crippen LogP contribution in [-0.4, -0.2) is 45.6 Å². The summed E-state index contributed by atoms with van der Waals surface area (Å²) in [5.74, 6) is 1.21.